The summed E-state index contributed by atoms with van der Waals surface area (Å²) in [6.07, 6.45) is 4.07. The fourth-order valence-corrected chi connectivity index (χ4v) is 5.45. The minimum absolute atomic E-state index is 0.101. The van der Waals surface area contributed by atoms with Crippen molar-refractivity contribution in [2.45, 2.75) is 38.8 Å². The third-order valence-electron chi connectivity index (χ3n) is 7.48. The maximum Gasteiger partial charge on any atom is 0.305 e. The Hall–Kier alpha value is -3.45. The molecule has 1 aliphatic carbocycles. The van der Waals surface area contributed by atoms with Gasteiger partial charge in [0.05, 0.1) is 12.6 Å². The Labute approximate surface area is 223 Å². The van der Waals surface area contributed by atoms with Crippen LogP contribution in [0.3, 0.4) is 0 Å². The van der Waals surface area contributed by atoms with E-state index in [0.29, 0.717) is 54.6 Å². The summed E-state index contributed by atoms with van der Waals surface area (Å²) in [5.74, 6) is 9.67. The van der Waals surface area contributed by atoms with E-state index < -0.39 is 6.10 Å². The molecule has 3 aromatic rings. The number of aliphatic hydroxyl groups is 1. The predicted molar refractivity (Wildman–Crippen MR) is 142 cm³/mol. The van der Waals surface area contributed by atoms with Gasteiger partial charge in [-0.1, -0.05) is 17.0 Å². The molecule has 0 radical (unpaired) electrons. The number of likely N-dealkylation sites (tertiary alicyclic amines) is 1. The molecular weight excluding hydrogens is 482 g/mol. The molecule has 5 atom stereocenters. The van der Waals surface area contributed by atoms with Crippen LogP contribution in [0.15, 0.2) is 47.2 Å². The minimum atomic E-state index is -0.712. The highest BCUT2D eigenvalue weighted by molar-refractivity contribution is 5.69. The summed E-state index contributed by atoms with van der Waals surface area (Å²) in [4.78, 5) is 18.2. The number of esters is 1. The maximum atomic E-state index is 11.5. The number of carbonyl (C=O) groups excluding carboxylic acids is 1. The molecule has 2 aromatic heterocycles. The summed E-state index contributed by atoms with van der Waals surface area (Å²) in [7, 11) is 0. The van der Waals surface area contributed by atoms with Gasteiger partial charge in [-0.3, -0.25) is 4.79 Å². The van der Waals surface area contributed by atoms with Crippen molar-refractivity contribution in [1.29, 1.82) is 0 Å². The number of carbonyl (C=O) groups is 1. The Morgan fingerprint density at radius 3 is 2.74 bits per heavy atom. The summed E-state index contributed by atoms with van der Waals surface area (Å²) in [5.41, 5.74) is 8.60. The number of ether oxygens (including phenoxy) is 1. The van der Waals surface area contributed by atoms with Gasteiger partial charge in [0.25, 0.3) is 0 Å². The molecular formula is C29H35N5O4. The lowest BCUT2D eigenvalue weighted by Gasteiger charge is -2.17. The molecule has 9 nitrogen and oxygen atoms in total. The first kappa shape index (κ1) is 26.2. The average Bonchev–Trinajstić information content (AvgIpc) is 3.41. The summed E-state index contributed by atoms with van der Waals surface area (Å²) in [6.45, 7) is 7.35. The van der Waals surface area contributed by atoms with Crippen molar-refractivity contribution in [1.82, 2.24) is 19.6 Å². The lowest BCUT2D eigenvalue weighted by atomic mass is 10.1. The molecule has 9 heteroatoms. The molecule has 200 valence electrons. The Balaban J connectivity index is 1.14. The largest absolute Gasteiger partial charge is 0.466 e. The van der Waals surface area contributed by atoms with E-state index in [9.17, 15) is 9.90 Å². The van der Waals surface area contributed by atoms with Gasteiger partial charge < -0.3 is 29.6 Å². The summed E-state index contributed by atoms with van der Waals surface area (Å²) >= 11 is 0. The molecule has 3 heterocycles. The SMILES string of the molecule is CCOC(=O)CCCN1C[C@@H]2[C@@H](C#Cc3ccc(-c4cc([C@@H](CN)n5ccnc5[C@H](C)O)no4)cc3)[C@@H]2C1. The van der Waals surface area contributed by atoms with Crippen LogP contribution in [0.2, 0.25) is 0 Å². The van der Waals surface area contributed by atoms with Crippen molar-refractivity contribution in [2.75, 3.05) is 32.8 Å². The van der Waals surface area contributed by atoms with Crippen molar-refractivity contribution >= 4 is 5.97 Å². The third-order valence-corrected chi connectivity index (χ3v) is 7.48. The lowest BCUT2D eigenvalue weighted by Crippen LogP contribution is -2.26. The molecule has 5 rings (SSSR count). The highest BCUT2D eigenvalue weighted by Gasteiger charge is 2.54. The van der Waals surface area contributed by atoms with Crippen molar-refractivity contribution in [3.63, 3.8) is 0 Å². The number of piperidine rings is 1. The predicted octanol–water partition coefficient (Wildman–Crippen LogP) is 3.01. The normalized spacial score (nSPS) is 21.8. The molecule has 0 unspecified atom stereocenters. The van der Waals surface area contributed by atoms with Gasteiger partial charge in [0.2, 0.25) is 0 Å². The molecule has 1 saturated carbocycles. The molecule has 1 aliphatic heterocycles. The number of imidazole rings is 1. The average molecular weight is 518 g/mol. The highest BCUT2D eigenvalue weighted by atomic mass is 16.5. The van der Waals surface area contributed by atoms with Crippen LogP contribution in [0.5, 0.6) is 0 Å². The summed E-state index contributed by atoms with van der Waals surface area (Å²) in [5, 5.41) is 14.2. The number of hydrogen-bond donors (Lipinski definition) is 2. The van der Waals surface area contributed by atoms with Crippen LogP contribution in [0.1, 0.15) is 55.9 Å². The van der Waals surface area contributed by atoms with Crippen LogP contribution in [0.4, 0.5) is 0 Å². The zero-order chi connectivity index (χ0) is 26.6. The molecule has 3 N–H and O–H groups in total. The monoisotopic (exact) mass is 517 g/mol. The van der Waals surface area contributed by atoms with Gasteiger partial charge in [0, 0.05) is 61.6 Å². The molecule has 38 heavy (non-hydrogen) atoms. The van der Waals surface area contributed by atoms with E-state index in [1.165, 1.54) is 0 Å². The van der Waals surface area contributed by atoms with Crippen molar-refractivity contribution < 1.29 is 19.2 Å². The first-order valence-electron chi connectivity index (χ1n) is 13.4. The van der Waals surface area contributed by atoms with Crippen LogP contribution in [0.25, 0.3) is 11.3 Å². The van der Waals surface area contributed by atoms with E-state index in [2.05, 4.69) is 26.9 Å². The van der Waals surface area contributed by atoms with E-state index in [4.69, 9.17) is 15.0 Å². The number of benzene rings is 1. The fraction of sp³-hybridized carbons (Fsp3) is 0.483. The minimum Gasteiger partial charge on any atom is -0.466 e. The Kier molecular flexibility index (Phi) is 7.93. The second-order valence-corrected chi connectivity index (χ2v) is 10.1. The molecule has 1 aromatic carbocycles. The van der Waals surface area contributed by atoms with Gasteiger partial charge in [0.1, 0.15) is 17.6 Å². The molecule has 0 bridgehead atoms. The third kappa shape index (κ3) is 5.68. The van der Waals surface area contributed by atoms with Gasteiger partial charge in [-0.2, -0.15) is 0 Å². The molecule has 0 spiro atoms. The smallest absolute Gasteiger partial charge is 0.305 e. The molecule has 1 saturated heterocycles. The van der Waals surface area contributed by atoms with E-state index >= 15 is 0 Å². The topological polar surface area (TPSA) is 120 Å². The fourth-order valence-electron chi connectivity index (χ4n) is 5.45. The van der Waals surface area contributed by atoms with Gasteiger partial charge in [-0.05, 0) is 62.9 Å². The standard InChI is InChI=1S/C29H35N5O4/c1-3-37-28(36)5-4-13-33-17-23-22(24(23)18-33)11-8-20-6-9-21(10-7-20)27-15-25(32-38-27)26(16-30)34-14-12-31-29(34)19(2)35/h6-7,9-10,12,14-15,19,22-24,26,35H,3-5,13,16-18,30H2,1-2H3/t19-,22-,23-,24+,26+/m0/s1. The van der Waals surface area contributed by atoms with Crippen LogP contribution in [0, 0.1) is 29.6 Å². The number of nitrogens with two attached hydrogens (primary N) is 1. The van der Waals surface area contributed by atoms with E-state index in [-0.39, 0.29) is 12.0 Å². The van der Waals surface area contributed by atoms with Gasteiger partial charge in [0.15, 0.2) is 5.76 Å². The molecule has 2 fully saturated rings. The Morgan fingerprint density at radius 1 is 1.29 bits per heavy atom. The maximum absolute atomic E-state index is 11.5. The van der Waals surface area contributed by atoms with Crippen molar-refractivity contribution in [2.24, 2.45) is 23.5 Å². The van der Waals surface area contributed by atoms with Crippen LogP contribution >= 0.6 is 0 Å². The number of hydrogen-bond acceptors (Lipinski definition) is 8. The van der Waals surface area contributed by atoms with Gasteiger partial charge >= 0.3 is 5.97 Å². The Morgan fingerprint density at radius 2 is 2.05 bits per heavy atom. The highest BCUT2D eigenvalue weighted by Crippen LogP contribution is 2.51. The van der Waals surface area contributed by atoms with Crippen LogP contribution in [-0.4, -0.2) is 63.5 Å². The van der Waals surface area contributed by atoms with Gasteiger partial charge in [-0.15, -0.1) is 0 Å². The lowest BCUT2D eigenvalue weighted by molar-refractivity contribution is -0.143. The second-order valence-electron chi connectivity index (χ2n) is 10.1. The number of aromatic nitrogens is 3. The van der Waals surface area contributed by atoms with Gasteiger partial charge in [-0.25, -0.2) is 4.98 Å². The number of rotatable bonds is 10. The Bertz CT molecular complexity index is 1290. The van der Waals surface area contributed by atoms with Crippen molar-refractivity contribution in [3.8, 4) is 23.2 Å². The first-order chi connectivity index (χ1) is 18.5. The molecule has 2 aliphatic rings. The quantitative estimate of drug-likeness (QED) is 0.311. The number of aliphatic hydroxyl groups excluding tert-OH is 1. The van der Waals surface area contributed by atoms with Crippen LogP contribution in [-0.2, 0) is 9.53 Å². The van der Waals surface area contributed by atoms with Crippen LogP contribution < -0.4 is 5.73 Å². The summed E-state index contributed by atoms with van der Waals surface area (Å²) < 4.78 is 12.5. The zero-order valence-corrected chi connectivity index (χ0v) is 21.9. The van der Waals surface area contributed by atoms with Crippen molar-refractivity contribution in [3.05, 3.63) is 59.8 Å². The second kappa shape index (κ2) is 11.5. The summed E-state index contributed by atoms with van der Waals surface area (Å²) in [6, 6.07) is 9.59. The number of nitrogens with zero attached hydrogens (tertiary/aromatic N) is 4. The zero-order valence-electron chi connectivity index (χ0n) is 21.9. The van der Waals surface area contributed by atoms with E-state index in [0.717, 1.165) is 37.2 Å². The van der Waals surface area contributed by atoms with E-state index in [1.54, 1.807) is 19.3 Å². The molecule has 0 amide bonds. The number of fused-ring (bicyclic) bond motifs is 1. The van der Waals surface area contributed by atoms with E-state index in [1.807, 2.05) is 41.8 Å². The first-order valence-corrected chi connectivity index (χ1v) is 13.4.